The number of benzene rings is 2. The third-order valence-corrected chi connectivity index (χ3v) is 3.72. The van der Waals surface area contributed by atoms with Gasteiger partial charge in [-0.25, -0.2) is 4.79 Å². The zero-order chi connectivity index (χ0) is 19.9. The molecule has 1 heterocycles. The van der Waals surface area contributed by atoms with E-state index in [2.05, 4.69) is 10.3 Å². The second-order valence-corrected chi connectivity index (χ2v) is 6.27. The lowest BCUT2D eigenvalue weighted by molar-refractivity contribution is 0.0728. The first kappa shape index (κ1) is 19.1. The molecule has 0 aliphatic heterocycles. The number of carbonyl (C=O) groups excluding carboxylic acids is 2. The lowest BCUT2D eigenvalue weighted by Crippen LogP contribution is -2.14. The molecule has 0 saturated carbocycles. The van der Waals surface area contributed by atoms with Crippen LogP contribution >= 0.6 is 0 Å². The van der Waals surface area contributed by atoms with Crippen molar-refractivity contribution < 1.29 is 19.1 Å². The Kier molecular flexibility index (Phi) is 6.01. The highest BCUT2D eigenvalue weighted by Gasteiger charge is 2.16. The van der Waals surface area contributed by atoms with E-state index in [1.165, 1.54) is 0 Å². The summed E-state index contributed by atoms with van der Waals surface area (Å²) in [6, 6.07) is 16.7. The smallest absolute Gasteiger partial charge is 0.347 e. The van der Waals surface area contributed by atoms with Crippen LogP contribution in [-0.2, 0) is 0 Å². The number of hydrogen-bond donors (Lipinski definition) is 1. The molecular formula is C22H20N2O4. The predicted octanol–water partition coefficient (Wildman–Crippen LogP) is 4.34. The van der Waals surface area contributed by atoms with E-state index in [9.17, 15) is 9.59 Å². The Morgan fingerprint density at radius 2 is 1.71 bits per heavy atom. The van der Waals surface area contributed by atoms with Crippen molar-refractivity contribution in [2.24, 2.45) is 0 Å². The van der Waals surface area contributed by atoms with Gasteiger partial charge in [-0.15, -0.1) is 0 Å². The SMILES string of the molecule is CC(C)Oc1ccccc1C(=O)Oc1ccc(C(=O)Nc2cccnc2)cc1. The lowest BCUT2D eigenvalue weighted by atomic mass is 10.2. The van der Waals surface area contributed by atoms with E-state index < -0.39 is 5.97 Å². The topological polar surface area (TPSA) is 77.5 Å². The fourth-order valence-electron chi connectivity index (χ4n) is 2.47. The Hall–Kier alpha value is -3.67. The zero-order valence-electron chi connectivity index (χ0n) is 15.6. The number of rotatable bonds is 6. The minimum atomic E-state index is -0.524. The van der Waals surface area contributed by atoms with Crippen LogP contribution in [0.2, 0.25) is 0 Å². The third kappa shape index (κ3) is 4.94. The van der Waals surface area contributed by atoms with Gasteiger partial charge in [-0.3, -0.25) is 9.78 Å². The monoisotopic (exact) mass is 376 g/mol. The molecule has 0 atom stereocenters. The van der Waals surface area contributed by atoms with Gasteiger partial charge in [0.05, 0.1) is 18.0 Å². The molecule has 1 N–H and O–H groups in total. The number of para-hydroxylation sites is 1. The standard InChI is InChI=1S/C22H20N2O4/c1-15(2)27-20-8-4-3-7-19(20)22(26)28-18-11-9-16(10-12-18)21(25)24-17-6-5-13-23-14-17/h3-15H,1-2H3,(H,24,25). The lowest BCUT2D eigenvalue weighted by Gasteiger charge is -2.13. The van der Waals surface area contributed by atoms with Crippen molar-refractivity contribution in [1.29, 1.82) is 0 Å². The minimum Gasteiger partial charge on any atom is -0.490 e. The Labute approximate surface area is 163 Å². The average molecular weight is 376 g/mol. The Balaban J connectivity index is 1.67. The molecule has 0 fully saturated rings. The Morgan fingerprint density at radius 1 is 0.964 bits per heavy atom. The predicted molar refractivity (Wildman–Crippen MR) is 106 cm³/mol. The summed E-state index contributed by atoms with van der Waals surface area (Å²) in [6.45, 7) is 3.77. The molecule has 0 aliphatic rings. The number of ether oxygens (including phenoxy) is 2. The summed E-state index contributed by atoms with van der Waals surface area (Å²) in [5.74, 6) is 0.00242. The van der Waals surface area contributed by atoms with Gasteiger partial charge in [0.1, 0.15) is 17.1 Å². The fraction of sp³-hybridized carbons (Fsp3) is 0.136. The van der Waals surface area contributed by atoms with Crippen molar-refractivity contribution in [3.63, 3.8) is 0 Å². The summed E-state index contributed by atoms with van der Waals surface area (Å²) in [4.78, 5) is 28.7. The van der Waals surface area contributed by atoms with Gasteiger partial charge in [-0.2, -0.15) is 0 Å². The number of nitrogens with one attached hydrogen (secondary N) is 1. The van der Waals surface area contributed by atoms with Gasteiger partial charge in [0.15, 0.2) is 0 Å². The van der Waals surface area contributed by atoms with Crippen molar-refractivity contribution in [2.75, 3.05) is 5.32 Å². The van der Waals surface area contributed by atoms with Crippen molar-refractivity contribution in [3.05, 3.63) is 84.2 Å². The largest absolute Gasteiger partial charge is 0.490 e. The van der Waals surface area contributed by atoms with Gasteiger partial charge >= 0.3 is 5.97 Å². The molecule has 3 aromatic rings. The molecule has 0 bridgehead atoms. The Bertz CT molecular complexity index is 954. The average Bonchev–Trinajstić information content (AvgIpc) is 2.69. The van der Waals surface area contributed by atoms with Gasteiger partial charge in [-0.05, 0) is 62.4 Å². The summed E-state index contributed by atoms with van der Waals surface area (Å²) in [7, 11) is 0. The van der Waals surface area contributed by atoms with Crippen LogP contribution in [0, 0.1) is 0 Å². The second kappa shape index (κ2) is 8.81. The molecule has 1 aromatic heterocycles. The van der Waals surface area contributed by atoms with E-state index in [-0.39, 0.29) is 12.0 Å². The Morgan fingerprint density at radius 3 is 2.39 bits per heavy atom. The number of hydrogen-bond acceptors (Lipinski definition) is 5. The van der Waals surface area contributed by atoms with E-state index in [0.717, 1.165) is 0 Å². The van der Waals surface area contributed by atoms with Crippen LogP contribution in [0.1, 0.15) is 34.6 Å². The van der Waals surface area contributed by atoms with Crippen molar-refractivity contribution in [2.45, 2.75) is 20.0 Å². The maximum Gasteiger partial charge on any atom is 0.347 e. The summed E-state index contributed by atoms with van der Waals surface area (Å²) >= 11 is 0. The first-order valence-corrected chi connectivity index (χ1v) is 8.82. The quantitative estimate of drug-likeness (QED) is 0.511. The van der Waals surface area contributed by atoms with E-state index >= 15 is 0 Å². The van der Waals surface area contributed by atoms with Crippen LogP contribution in [0.25, 0.3) is 0 Å². The number of pyridine rings is 1. The molecule has 0 radical (unpaired) electrons. The molecule has 28 heavy (non-hydrogen) atoms. The molecule has 0 saturated heterocycles. The van der Waals surface area contributed by atoms with E-state index in [4.69, 9.17) is 9.47 Å². The van der Waals surface area contributed by atoms with Gasteiger partial charge in [-0.1, -0.05) is 12.1 Å². The minimum absolute atomic E-state index is 0.0634. The van der Waals surface area contributed by atoms with Crippen LogP contribution in [0.4, 0.5) is 5.69 Å². The van der Waals surface area contributed by atoms with E-state index in [0.29, 0.717) is 28.3 Å². The highest BCUT2D eigenvalue weighted by Crippen LogP contribution is 2.22. The van der Waals surface area contributed by atoms with Crippen LogP contribution < -0.4 is 14.8 Å². The van der Waals surface area contributed by atoms with Crippen LogP contribution in [0.3, 0.4) is 0 Å². The summed E-state index contributed by atoms with van der Waals surface area (Å²) in [5, 5.41) is 2.74. The molecular weight excluding hydrogens is 356 g/mol. The normalized spacial score (nSPS) is 10.4. The maximum atomic E-state index is 12.5. The molecule has 6 heteroatoms. The molecule has 142 valence electrons. The number of anilines is 1. The molecule has 2 aromatic carbocycles. The highest BCUT2D eigenvalue weighted by molar-refractivity contribution is 6.04. The fourth-order valence-corrected chi connectivity index (χ4v) is 2.47. The summed E-state index contributed by atoms with van der Waals surface area (Å²) < 4.78 is 11.1. The number of nitrogens with zero attached hydrogens (tertiary/aromatic N) is 1. The third-order valence-electron chi connectivity index (χ3n) is 3.72. The van der Waals surface area contributed by atoms with Crippen molar-refractivity contribution in [1.82, 2.24) is 4.98 Å². The zero-order valence-corrected chi connectivity index (χ0v) is 15.6. The number of carbonyl (C=O) groups is 2. The molecule has 1 amide bonds. The molecule has 0 unspecified atom stereocenters. The first-order valence-electron chi connectivity index (χ1n) is 8.82. The highest BCUT2D eigenvalue weighted by atomic mass is 16.5. The van der Waals surface area contributed by atoms with Crippen molar-refractivity contribution >= 4 is 17.6 Å². The summed E-state index contributed by atoms with van der Waals surface area (Å²) in [6.07, 6.45) is 3.13. The summed E-state index contributed by atoms with van der Waals surface area (Å²) in [5.41, 5.74) is 1.38. The van der Waals surface area contributed by atoms with Crippen molar-refractivity contribution in [3.8, 4) is 11.5 Å². The number of esters is 1. The second-order valence-electron chi connectivity index (χ2n) is 6.27. The van der Waals surface area contributed by atoms with Crippen LogP contribution in [-0.4, -0.2) is 23.0 Å². The van der Waals surface area contributed by atoms with Gasteiger partial charge in [0, 0.05) is 11.8 Å². The number of aromatic nitrogens is 1. The number of amides is 1. The molecule has 6 nitrogen and oxygen atoms in total. The molecule has 3 rings (SSSR count). The molecule has 0 spiro atoms. The maximum absolute atomic E-state index is 12.5. The van der Waals surface area contributed by atoms with Gasteiger partial charge < -0.3 is 14.8 Å². The van der Waals surface area contributed by atoms with E-state index in [1.807, 2.05) is 13.8 Å². The van der Waals surface area contributed by atoms with Gasteiger partial charge in [0.2, 0.25) is 0 Å². The van der Waals surface area contributed by atoms with Crippen LogP contribution in [0.5, 0.6) is 11.5 Å². The first-order chi connectivity index (χ1) is 13.5. The molecule has 0 aliphatic carbocycles. The van der Waals surface area contributed by atoms with Crippen LogP contribution in [0.15, 0.2) is 73.1 Å². The van der Waals surface area contributed by atoms with Gasteiger partial charge in [0.25, 0.3) is 5.91 Å². The van der Waals surface area contributed by atoms with E-state index in [1.54, 1.807) is 73.1 Å².